The molecule has 0 fully saturated rings. The molecular formula is C19H27FO4. The summed E-state index contributed by atoms with van der Waals surface area (Å²) in [6.07, 6.45) is 4.25. The standard InChI is InChI=1S/C19H27FO4/c1-3-4-5-8-14-23-18(21)12-9-13-19(22)24-15(2)16-10-6-7-11-17(16)20/h6-7,10-11,15H,3-5,8-9,12-14H2,1-2H3. The lowest BCUT2D eigenvalue weighted by Crippen LogP contribution is -2.11. The van der Waals surface area contributed by atoms with Gasteiger partial charge in [0.25, 0.3) is 0 Å². The van der Waals surface area contributed by atoms with Crippen molar-refractivity contribution in [2.45, 2.75) is 64.9 Å². The molecular weight excluding hydrogens is 311 g/mol. The smallest absolute Gasteiger partial charge is 0.306 e. The summed E-state index contributed by atoms with van der Waals surface area (Å²) in [6, 6.07) is 6.19. The van der Waals surface area contributed by atoms with E-state index in [4.69, 9.17) is 9.47 Å². The summed E-state index contributed by atoms with van der Waals surface area (Å²) in [7, 11) is 0. The third-order valence-corrected chi connectivity index (χ3v) is 3.67. The van der Waals surface area contributed by atoms with E-state index in [0.717, 1.165) is 25.7 Å². The molecule has 1 atom stereocenters. The Kier molecular flexibility index (Phi) is 9.73. The number of rotatable bonds is 11. The van der Waals surface area contributed by atoms with Gasteiger partial charge >= 0.3 is 11.9 Å². The van der Waals surface area contributed by atoms with Gasteiger partial charge < -0.3 is 9.47 Å². The van der Waals surface area contributed by atoms with Gasteiger partial charge in [0.2, 0.25) is 0 Å². The van der Waals surface area contributed by atoms with E-state index in [1.54, 1.807) is 25.1 Å². The van der Waals surface area contributed by atoms with Gasteiger partial charge in [0.15, 0.2) is 0 Å². The number of esters is 2. The minimum atomic E-state index is -0.649. The summed E-state index contributed by atoms with van der Waals surface area (Å²) in [4.78, 5) is 23.3. The fraction of sp³-hybridized carbons (Fsp3) is 0.579. The van der Waals surface area contributed by atoms with Gasteiger partial charge in [0.1, 0.15) is 11.9 Å². The van der Waals surface area contributed by atoms with Crippen molar-refractivity contribution in [3.8, 4) is 0 Å². The Morgan fingerprint density at radius 2 is 1.75 bits per heavy atom. The molecule has 0 N–H and O–H groups in total. The van der Waals surface area contributed by atoms with E-state index in [2.05, 4.69) is 6.92 Å². The molecule has 0 saturated heterocycles. The highest BCUT2D eigenvalue weighted by atomic mass is 19.1. The van der Waals surface area contributed by atoms with Crippen LogP contribution in [-0.4, -0.2) is 18.5 Å². The maximum Gasteiger partial charge on any atom is 0.306 e. The molecule has 0 bridgehead atoms. The van der Waals surface area contributed by atoms with E-state index in [9.17, 15) is 14.0 Å². The number of hydrogen-bond donors (Lipinski definition) is 0. The Balaban J connectivity index is 2.17. The van der Waals surface area contributed by atoms with Crippen LogP contribution in [0.2, 0.25) is 0 Å². The highest BCUT2D eigenvalue weighted by molar-refractivity contribution is 5.72. The summed E-state index contributed by atoms with van der Waals surface area (Å²) in [6.45, 7) is 4.19. The summed E-state index contributed by atoms with van der Waals surface area (Å²) < 4.78 is 23.9. The van der Waals surface area contributed by atoms with Crippen LogP contribution in [-0.2, 0) is 19.1 Å². The van der Waals surface area contributed by atoms with Crippen molar-refractivity contribution in [3.63, 3.8) is 0 Å². The van der Waals surface area contributed by atoms with E-state index in [-0.39, 0.29) is 18.8 Å². The lowest BCUT2D eigenvalue weighted by molar-refractivity contribution is -0.149. The molecule has 0 aliphatic heterocycles. The van der Waals surface area contributed by atoms with Gasteiger partial charge in [-0.15, -0.1) is 0 Å². The number of benzene rings is 1. The number of halogens is 1. The van der Waals surface area contributed by atoms with Crippen LogP contribution in [0.3, 0.4) is 0 Å². The van der Waals surface area contributed by atoms with Gasteiger partial charge in [-0.05, 0) is 25.8 Å². The normalized spacial score (nSPS) is 11.8. The van der Waals surface area contributed by atoms with Crippen molar-refractivity contribution in [3.05, 3.63) is 35.6 Å². The van der Waals surface area contributed by atoms with Crippen LogP contribution < -0.4 is 0 Å². The number of unbranched alkanes of at least 4 members (excludes halogenated alkanes) is 3. The zero-order valence-corrected chi connectivity index (χ0v) is 14.6. The Morgan fingerprint density at radius 3 is 2.46 bits per heavy atom. The summed E-state index contributed by atoms with van der Waals surface area (Å²) in [5.74, 6) is -1.13. The van der Waals surface area contributed by atoms with Gasteiger partial charge in [-0.3, -0.25) is 9.59 Å². The third kappa shape index (κ3) is 8.09. The first-order chi connectivity index (χ1) is 11.5. The highest BCUT2D eigenvalue weighted by Crippen LogP contribution is 2.20. The molecule has 0 heterocycles. The predicted octanol–water partition coefficient (Wildman–Crippen LogP) is 4.72. The number of ether oxygens (including phenoxy) is 2. The molecule has 1 unspecified atom stereocenters. The quantitative estimate of drug-likeness (QED) is 0.432. The van der Waals surface area contributed by atoms with Gasteiger partial charge in [-0.1, -0.05) is 44.4 Å². The average molecular weight is 338 g/mol. The van der Waals surface area contributed by atoms with Gasteiger partial charge in [0.05, 0.1) is 6.61 Å². The Hall–Kier alpha value is -1.91. The third-order valence-electron chi connectivity index (χ3n) is 3.67. The van der Waals surface area contributed by atoms with Gasteiger partial charge in [-0.2, -0.15) is 0 Å². The lowest BCUT2D eigenvalue weighted by Gasteiger charge is -2.14. The molecule has 1 aromatic rings. The Labute approximate surface area is 143 Å². The number of carbonyl (C=O) groups excluding carboxylic acids is 2. The van der Waals surface area contributed by atoms with Crippen molar-refractivity contribution in [1.82, 2.24) is 0 Å². The number of carbonyl (C=O) groups is 2. The first kappa shape index (κ1) is 20.1. The van der Waals surface area contributed by atoms with Gasteiger partial charge in [-0.25, -0.2) is 4.39 Å². The topological polar surface area (TPSA) is 52.6 Å². The van der Waals surface area contributed by atoms with Gasteiger partial charge in [0, 0.05) is 18.4 Å². The molecule has 134 valence electrons. The maximum atomic E-state index is 13.6. The molecule has 1 rings (SSSR count). The molecule has 24 heavy (non-hydrogen) atoms. The molecule has 0 aliphatic rings. The first-order valence-corrected chi connectivity index (χ1v) is 8.64. The SMILES string of the molecule is CCCCCCOC(=O)CCCC(=O)OC(C)c1ccccc1F. The van der Waals surface area contributed by atoms with E-state index in [1.165, 1.54) is 6.07 Å². The summed E-state index contributed by atoms with van der Waals surface area (Å²) >= 11 is 0. The zero-order chi connectivity index (χ0) is 17.8. The van der Waals surface area contributed by atoms with E-state index in [1.807, 2.05) is 0 Å². The monoisotopic (exact) mass is 338 g/mol. The molecule has 5 heteroatoms. The van der Waals surface area contributed by atoms with Crippen molar-refractivity contribution in [2.24, 2.45) is 0 Å². The largest absolute Gasteiger partial charge is 0.466 e. The summed E-state index contributed by atoms with van der Waals surface area (Å²) in [5, 5.41) is 0. The summed E-state index contributed by atoms with van der Waals surface area (Å²) in [5.41, 5.74) is 0.345. The maximum absolute atomic E-state index is 13.6. The minimum absolute atomic E-state index is 0.115. The first-order valence-electron chi connectivity index (χ1n) is 8.64. The lowest BCUT2D eigenvalue weighted by atomic mass is 10.1. The van der Waals surface area contributed by atoms with E-state index >= 15 is 0 Å². The van der Waals surface area contributed by atoms with Crippen LogP contribution in [0.5, 0.6) is 0 Å². The molecule has 0 saturated carbocycles. The molecule has 0 radical (unpaired) electrons. The number of hydrogen-bond acceptors (Lipinski definition) is 4. The Morgan fingerprint density at radius 1 is 1.04 bits per heavy atom. The van der Waals surface area contributed by atoms with E-state index < -0.39 is 17.9 Å². The van der Waals surface area contributed by atoms with Crippen LogP contribution in [0.25, 0.3) is 0 Å². The molecule has 0 amide bonds. The molecule has 0 spiro atoms. The van der Waals surface area contributed by atoms with Crippen molar-refractivity contribution < 1.29 is 23.5 Å². The van der Waals surface area contributed by atoms with Crippen LogP contribution >= 0.6 is 0 Å². The minimum Gasteiger partial charge on any atom is -0.466 e. The van der Waals surface area contributed by atoms with Crippen molar-refractivity contribution in [2.75, 3.05) is 6.61 Å². The van der Waals surface area contributed by atoms with Crippen molar-refractivity contribution >= 4 is 11.9 Å². The van der Waals surface area contributed by atoms with Crippen LogP contribution in [0, 0.1) is 5.82 Å². The molecule has 0 aliphatic carbocycles. The fourth-order valence-corrected chi connectivity index (χ4v) is 2.29. The second-order valence-corrected chi connectivity index (χ2v) is 5.79. The van der Waals surface area contributed by atoms with Crippen LogP contribution in [0.1, 0.15) is 70.5 Å². The molecule has 0 aromatic heterocycles. The average Bonchev–Trinajstić information content (AvgIpc) is 2.55. The van der Waals surface area contributed by atoms with Crippen molar-refractivity contribution in [1.29, 1.82) is 0 Å². The second-order valence-electron chi connectivity index (χ2n) is 5.79. The van der Waals surface area contributed by atoms with Crippen LogP contribution in [0.15, 0.2) is 24.3 Å². The molecule has 1 aromatic carbocycles. The second kappa shape index (κ2) is 11.6. The van der Waals surface area contributed by atoms with Crippen LogP contribution in [0.4, 0.5) is 4.39 Å². The fourth-order valence-electron chi connectivity index (χ4n) is 2.29. The Bertz CT molecular complexity index is 516. The zero-order valence-electron chi connectivity index (χ0n) is 14.6. The molecule has 4 nitrogen and oxygen atoms in total. The highest BCUT2D eigenvalue weighted by Gasteiger charge is 2.15. The predicted molar refractivity (Wildman–Crippen MR) is 89.9 cm³/mol. The van der Waals surface area contributed by atoms with E-state index in [0.29, 0.717) is 18.6 Å².